The third kappa shape index (κ3) is 1.83. The molecule has 0 aliphatic heterocycles. The minimum atomic E-state index is -0.501. The van der Waals surface area contributed by atoms with Gasteiger partial charge in [0.25, 0.3) is 0 Å². The third-order valence-corrected chi connectivity index (χ3v) is 4.19. The van der Waals surface area contributed by atoms with Crippen LogP contribution in [0.5, 0.6) is 0 Å². The molecule has 1 saturated carbocycles. The smallest absolute Gasteiger partial charge is 0.408 e. The van der Waals surface area contributed by atoms with Crippen molar-refractivity contribution in [2.45, 2.75) is 18.3 Å². The SMILES string of the molecule is O=C(c1ccc2[nH]c(=O)oc2c1)C1(c2ccccc2)CC1. The number of ketones is 1. The molecule has 0 amide bonds. The number of carbonyl (C=O) groups is 1. The van der Waals surface area contributed by atoms with E-state index in [2.05, 4.69) is 4.98 Å². The molecule has 3 aromatic rings. The molecule has 1 N–H and O–H groups in total. The molecule has 1 aliphatic rings. The lowest BCUT2D eigenvalue weighted by Gasteiger charge is -2.14. The van der Waals surface area contributed by atoms with E-state index in [0.29, 0.717) is 16.7 Å². The maximum absolute atomic E-state index is 12.8. The Bertz CT molecular complexity index is 885. The molecular weight excluding hydrogens is 266 g/mol. The van der Waals surface area contributed by atoms with Crippen LogP contribution in [0.15, 0.2) is 57.7 Å². The summed E-state index contributed by atoms with van der Waals surface area (Å²) in [5.41, 5.74) is 2.29. The minimum absolute atomic E-state index is 0.0967. The monoisotopic (exact) mass is 279 g/mol. The van der Waals surface area contributed by atoms with Gasteiger partial charge in [-0.1, -0.05) is 30.3 Å². The number of H-pyrrole nitrogens is 1. The third-order valence-electron chi connectivity index (χ3n) is 4.19. The first-order chi connectivity index (χ1) is 10.2. The fourth-order valence-corrected chi connectivity index (χ4v) is 2.89. The average Bonchev–Trinajstić information content (AvgIpc) is 3.23. The summed E-state index contributed by atoms with van der Waals surface area (Å²) in [6, 6.07) is 15.0. The van der Waals surface area contributed by atoms with Crippen molar-refractivity contribution in [1.82, 2.24) is 4.98 Å². The lowest BCUT2D eigenvalue weighted by Crippen LogP contribution is -2.20. The predicted octanol–water partition coefficient (Wildman–Crippen LogP) is 3.04. The molecule has 4 rings (SSSR count). The van der Waals surface area contributed by atoms with Gasteiger partial charge in [0.2, 0.25) is 0 Å². The Labute approximate surface area is 120 Å². The Balaban J connectivity index is 1.78. The number of oxazole rings is 1. The predicted molar refractivity (Wildman–Crippen MR) is 78.5 cm³/mol. The number of nitrogens with one attached hydrogen (secondary N) is 1. The molecule has 104 valence electrons. The number of Topliss-reactive ketones (excluding diaryl/α,β-unsaturated/α-hetero) is 1. The Hall–Kier alpha value is -2.62. The number of benzene rings is 2. The van der Waals surface area contributed by atoms with Crippen LogP contribution in [-0.2, 0) is 5.41 Å². The zero-order chi connectivity index (χ0) is 14.4. The second-order valence-corrected chi connectivity index (χ2v) is 5.50. The van der Waals surface area contributed by atoms with Gasteiger partial charge in [-0.25, -0.2) is 4.79 Å². The van der Waals surface area contributed by atoms with E-state index < -0.39 is 11.2 Å². The highest BCUT2D eigenvalue weighted by Gasteiger charge is 2.51. The summed E-state index contributed by atoms with van der Waals surface area (Å²) in [6.07, 6.45) is 1.73. The van der Waals surface area contributed by atoms with Crippen LogP contribution in [0.4, 0.5) is 0 Å². The number of hydrogen-bond donors (Lipinski definition) is 1. The van der Waals surface area contributed by atoms with Gasteiger partial charge in [0.1, 0.15) is 0 Å². The molecular formula is C17H13NO3. The van der Waals surface area contributed by atoms with E-state index >= 15 is 0 Å². The van der Waals surface area contributed by atoms with Gasteiger partial charge in [-0.2, -0.15) is 0 Å². The first-order valence-electron chi connectivity index (χ1n) is 6.92. The van der Waals surface area contributed by atoms with Gasteiger partial charge in [-0.3, -0.25) is 9.78 Å². The molecule has 0 unspecified atom stereocenters. The molecule has 1 fully saturated rings. The molecule has 1 aliphatic carbocycles. The standard InChI is InChI=1S/C17H13NO3/c19-15(17(8-9-17)12-4-2-1-3-5-12)11-6-7-13-14(10-11)21-16(20)18-13/h1-7,10H,8-9H2,(H,18,20). The topological polar surface area (TPSA) is 63.1 Å². The summed E-state index contributed by atoms with van der Waals surface area (Å²) < 4.78 is 5.03. The van der Waals surface area contributed by atoms with Crippen molar-refractivity contribution in [1.29, 1.82) is 0 Å². The number of fused-ring (bicyclic) bond motifs is 1. The van der Waals surface area contributed by atoms with Crippen molar-refractivity contribution in [2.75, 3.05) is 0 Å². The number of aromatic nitrogens is 1. The fraction of sp³-hybridized carbons (Fsp3) is 0.176. The molecule has 0 atom stereocenters. The number of carbonyl (C=O) groups excluding carboxylic acids is 1. The van der Waals surface area contributed by atoms with E-state index in [-0.39, 0.29) is 5.78 Å². The fourth-order valence-electron chi connectivity index (χ4n) is 2.89. The first kappa shape index (κ1) is 12.1. The van der Waals surface area contributed by atoms with Crippen molar-refractivity contribution < 1.29 is 9.21 Å². The Morgan fingerprint density at radius 3 is 2.57 bits per heavy atom. The average molecular weight is 279 g/mol. The zero-order valence-corrected chi connectivity index (χ0v) is 11.3. The summed E-state index contributed by atoms with van der Waals surface area (Å²) in [5.74, 6) is -0.404. The van der Waals surface area contributed by atoms with Gasteiger partial charge in [0.15, 0.2) is 11.4 Å². The van der Waals surface area contributed by atoms with Crippen molar-refractivity contribution in [3.8, 4) is 0 Å². The summed E-state index contributed by atoms with van der Waals surface area (Å²) in [6.45, 7) is 0. The molecule has 21 heavy (non-hydrogen) atoms. The van der Waals surface area contributed by atoms with Crippen molar-refractivity contribution in [3.63, 3.8) is 0 Å². The van der Waals surface area contributed by atoms with Crippen LogP contribution in [0, 0.1) is 0 Å². The van der Waals surface area contributed by atoms with Gasteiger partial charge >= 0.3 is 5.76 Å². The van der Waals surface area contributed by atoms with Gasteiger partial charge in [0, 0.05) is 5.56 Å². The van der Waals surface area contributed by atoms with Crippen LogP contribution in [0.2, 0.25) is 0 Å². The Kier molecular flexibility index (Phi) is 2.42. The number of aromatic amines is 1. The zero-order valence-electron chi connectivity index (χ0n) is 11.3. The molecule has 1 aromatic heterocycles. The second-order valence-electron chi connectivity index (χ2n) is 5.50. The van der Waals surface area contributed by atoms with Gasteiger partial charge in [0.05, 0.1) is 10.9 Å². The maximum Gasteiger partial charge on any atom is 0.417 e. The largest absolute Gasteiger partial charge is 0.417 e. The summed E-state index contributed by atoms with van der Waals surface area (Å²) in [7, 11) is 0. The molecule has 0 bridgehead atoms. The normalized spacial score (nSPS) is 16.0. The summed E-state index contributed by atoms with van der Waals surface area (Å²) in [4.78, 5) is 26.6. The molecule has 0 radical (unpaired) electrons. The quantitative estimate of drug-likeness (QED) is 0.749. The minimum Gasteiger partial charge on any atom is -0.408 e. The highest BCUT2D eigenvalue weighted by molar-refractivity contribution is 6.07. The molecule has 4 heteroatoms. The molecule has 4 nitrogen and oxygen atoms in total. The van der Waals surface area contributed by atoms with Crippen LogP contribution >= 0.6 is 0 Å². The molecule has 1 heterocycles. The summed E-state index contributed by atoms with van der Waals surface area (Å²) >= 11 is 0. The van der Waals surface area contributed by atoms with Crippen LogP contribution in [-0.4, -0.2) is 10.8 Å². The van der Waals surface area contributed by atoms with Crippen molar-refractivity contribution in [2.24, 2.45) is 0 Å². The van der Waals surface area contributed by atoms with E-state index in [4.69, 9.17) is 4.42 Å². The maximum atomic E-state index is 12.8. The lowest BCUT2D eigenvalue weighted by atomic mass is 9.87. The van der Waals surface area contributed by atoms with Crippen LogP contribution in [0.3, 0.4) is 0 Å². The van der Waals surface area contributed by atoms with E-state index in [9.17, 15) is 9.59 Å². The lowest BCUT2D eigenvalue weighted by molar-refractivity contribution is 0.0946. The molecule has 0 spiro atoms. The molecule has 2 aromatic carbocycles. The summed E-state index contributed by atoms with van der Waals surface area (Å²) in [5, 5.41) is 0. The highest BCUT2D eigenvalue weighted by atomic mass is 16.4. The number of rotatable bonds is 3. The van der Waals surface area contributed by atoms with Gasteiger partial charge < -0.3 is 4.42 Å². The van der Waals surface area contributed by atoms with Crippen molar-refractivity contribution in [3.05, 3.63) is 70.2 Å². The highest BCUT2D eigenvalue weighted by Crippen LogP contribution is 2.50. The van der Waals surface area contributed by atoms with E-state index in [1.54, 1.807) is 18.2 Å². The first-order valence-corrected chi connectivity index (χ1v) is 6.92. The van der Waals surface area contributed by atoms with Gasteiger partial charge in [-0.05, 0) is 36.6 Å². The number of hydrogen-bond acceptors (Lipinski definition) is 3. The van der Waals surface area contributed by atoms with E-state index in [1.165, 1.54) is 0 Å². The second kappa shape index (κ2) is 4.19. The Morgan fingerprint density at radius 2 is 1.86 bits per heavy atom. The van der Waals surface area contributed by atoms with Crippen LogP contribution in [0.25, 0.3) is 11.1 Å². The van der Waals surface area contributed by atoms with Crippen molar-refractivity contribution >= 4 is 16.9 Å². The Morgan fingerprint density at radius 1 is 1.10 bits per heavy atom. The van der Waals surface area contributed by atoms with Crippen LogP contribution in [0.1, 0.15) is 28.8 Å². The van der Waals surface area contributed by atoms with Crippen LogP contribution < -0.4 is 5.76 Å². The molecule has 0 saturated heterocycles. The van der Waals surface area contributed by atoms with E-state index in [1.807, 2.05) is 30.3 Å². The van der Waals surface area contributed by atoms with E-state index in [0.717, 1.165) is 18.4 Å². The van der Waals surface area contributed by atoms with Gasteiger partial charge in [-0.15, -0.1) is 0 Å².